The van der Waals surface area contributed by atoms with Crippen molar-refractivity contribution >= 4 is 5.78 Å². The molecule has 0 aliphatic carbocycles. The van der Waals surface area contributed by atoms with E-state index < -0.39 is 0 Å². The van der Waals surface area contributed by atoms with Crippen LogP contribution in [0, 0.1) is 0 Å². The molecular weight excluding hydrogens is 164 g/mol. The highest BCUT2D eigenvalue weighted by molar-refractivity contribution is 5.78. The number of nitrogens with one attached hydrogen (secondary N) is 2. The molecule has 0 amide bonds. The molecule has 3 nitrogen and oxygen atoms in total. The normalized spacial score (nSPS) is 23.2. The molecule has 13 heavy (non-hydrogen) atoms. The van der Waals surface area contributed by atoms with Crippen molar-refractivity contribution in [2.75, 3.05) is 13.1 Å². The molecule has 2 N–H and O–H groups in total. The first-order valence-electron chi connectivity index (χ1n) is 5.37. The molecule has 0 unspecified atom stereocenters. The van der Waals surface area contributed by atoms with Crippen molar-refractivity contribution in [3.63, 3.8) is 0 Å². The third-order valence-electron chi connectivity index (χ3n) is 2.39. The van der Waals surface area contributed by atoms with Crippen molar-refractivity contribution in [3.8, 4) is 0 Å². The second-order valence-corrected chi connectivity index (χ2v) is 3.66. The Bertz CT molecular complexity index is 134. The number of carbonyl (C=O) groups is 1. The molecule has 0 bridgehead atoms. The molecule has 0 spiro atoms. The number of hydrogen-bond acceptors (Lipinski definition) is 3. The fraction of sp³-hybridized carbons (Fsp3) is 0.900. The summed E-state index contributed by atoms with van der Waals surface area (Å²) >= 11 is 0. The molecule has 1 rings (SSSR count). The van der Waals surface area contributed by atoms with E-state index >= 15 is 0 Å². The molecule has 1 aliphatic heterocycles. The van der Waals surface area contributed by atoms with Gasteiger partial charge in [0.15, 0.2) is 0 Å². The van der Waals surface area contributed by atoms with E-state index in [0.717, 1.165) is 38.8 Å². The Balaban J connectivity index is 2.14. The van der Waals surface area contributed by atoms with Gasteiger partial charge in [-0.15, -0.1) is 0 Å². The van der Waals surface area contributed by atoms with E-state index in [-0.39, 0.29) is 0 Å². The van der Waals surface area contributed by atoms with Gasteiger partial charge in [-0.2, -0.15) is 0 Å². The molecule has 1 heterocycles. The first-order valence-corrected chi connectivity index (χ1v) is 5.37. The Morgan fingerprint density at radius 3 is 2.23 bits per heavy atom. The van der Waals surface area contributed by atoms with Crippen molar-refractivity contribution in [1.82, 2.24) is 10.9 Å². The monoisotopic (exact) mass is 184 g/mol. The van der Waals surface area contributed by atoms with E-state index in [1.807, 2.05) is 0 Å². The fourth-order valence-electron chi connectivity index (χ4n) is 1.56. The summed E-state index contributed by atoms with van der Waals surface area (Å²) in [6.45, 7) is 1.96. The van der Waals surface area contributed by atoms with Crippen molar-refractivity contribution in [2.24, 2.45) is 0 Å². The lowest BCUT2D eigenvalue weighted by Gasteiger charge is -2.08. The Morgan fingerprint density at radius 1 is 0.769 bits per heavy atom. The second kappa shape index (κ2) is 7.04. The zero-order chi connectivity index (χ0) is 9.36. The van der Waals surface area contributed by atoms with Gasteiger partial charge in [-0.25, -0.2) is 0 Å². The lowest BCUT2D eigenvalue weighted by molar-refractivity contribution is -0.119. The third-order valence-corrected chi connectivity index (χ3v) is 2.39. The van der Waals surface area contributed by atoms with Gasteiger partial charge in [0.25, 0.3) is 0 Å². The van der Waals surface area contributed by atoms with Gasteiger partial charge in [-0.05, 0) is 19.3 Å². The van der Waals surface area contributed by atoms with E-state index in [4.69, 9.17) is 0 Å². The molecule has 0 radical (unpaired) electrons. The highest BCUT2D eigenvalue weighted by Crippen LogP contribution is 2.05. The molecule has 1 aliphatic rings. The predicted molar refractivity (Wildman–Crippen MR) is 53.3 cm³/mol. The molecule has 0 aromatic carbocycles. The van der Waals surface area contributed by atoms with Crippen molar-refractivity contribution in [3.05, 3.63) is 0 Å². The lowest BCUT2D eigenvalue weighted by Crippen LogP contribution is -2.33. The van der Waals surface area contributed by atoms with Crippen LogP contribution in [0.5, 0.6) is 0 Å². The Kier molecular flexibility index (Phi) is 5.78. The maximum Gasteiger partial charge on any atom is 0.132 e. The van der Waals surface area contributed by atoms with E-state index in [0.29, 0.717) is 5.78 Å². The summed E-state index contributed by atoms with van der Waals surface area (Å²) in [4.78, 5) is 11.3. The molecule has 0 atom stereocenters. The van der Waals surface area contributed by atoms with E-state index in [1.165, 1.54) is 19.3 Å². The summed E-state index contributed by atoms with van der Waals surface area (Å²) in [5, 5.41) is 0. The standard InChI is InChI=1S/C10H20N2O/c13-10-6-3-1-2-4-8-11-12-9-5-7-10/h11-12H,1-9H2. The van der Waals surface area contributed by atoms with E-state index in [9.17, 15) is 4.79 Å². The highest BCUT2D eigenvalue weighted by atomic mass is 16.1. The number of hydrazine groups is 1. The van der Waals surface area contributed by atoms with Crippen LogP contribution in [0.4, 0.5) is 0 Å². The molecule has 0 aromatic rings. The average molecular weight is 184 g/mol. The van der Waals surface area contributed by atoms with E-state index in [1.54, 1.807) is 0 Å². The minimum absolute atomic E-state index is 0.433. The zero-order valence-electron chi connectivity index (χ0n) is 8.27. The van der Waals surface area contributed by atoms with Crippen LogP contribution in [-0.4, -0.2) is 18.9 Å². The SMILES string of the molecule is O=C1CCCCCCNNCCC1. The second-order valence-electron chi connectivity index (χ2n) is 3.66. The van der Waals surface area contributed by atoms with Crippen LogP contribution in [0.2, 0.25) is 0 Å². The van der Waals surface area contributed by atoms with Gasteiger partial charge in [0.1, 0.15) is 5.78 Å². The summed E-state index contributed by atoms with van der Waals surface area (Å²) in [7, 11) is 0. The maximum absolute atomic E-state index is 11.3. The van der Waals surface area contributed by atoms with E-state index in [2.05, 4.69) is 10.9 Å². The molecule has 0 saturated carbocycles. The fourth-order valence-corrected chi connectivity index (χ4v) is 1.56. The molecule has 3 heteroatoms. The van der Waals surface area contributed by atoms with Crippen LogP contribution in [0.1, 0.15) is 44.9 Å². The van der Waals surface area contributed by atoms with Gasteiger partial charge >= 0.3 is 0 Å². The molecule has 1 saturated heterocycles. The minimum atomic E-state index is 0.433. The molecule has 0 aromatic heterocycles. The number of carbonyl (C=O) groups excluding carboxylic acids is 1. The van der Waals surface area contributed by atoms with Gasteiger partial charge in [0, 0.05) is 25.9 Å². The minimum Gasteiger partial charge on any atom is -0.300 e. The van der Waals surface area contributed by atoms with Crippen molar-refractivity contribution in [2.45, 2.75) is 44.9 Å². The number of hydrogen-bond donors (Lipinski definition) is 2. The average Bonchev–Trinajstić information content (AvgIpc) is 2.11. The largest absolute Gasteiger partial charge is 0.300 e. The van der Waals surface area contributed by atoms with Crippen LogP contribution in [0.3, 0.4) is 0 Å². The van der Waals surface area contributed by atoms with Crippen LogP contribution in [0.25, 0.3) is 0 Å². The number of Topliss-reactive ketones (excluding diaryl/α,β-unsaturated/α-hetero) is 1. The topological polar surface area (TPSA) is 41.1 Å². The summed E-state index contributed by atoms with van der Waals surface area (Å²) in [6, 6.07) is 0. The number of ketones is 1. The summed E-state index contributed by atoms with van der Waals surface area (Å²) < 4.78 is 0. The maximum atomic E-state index is 11.3. The summed E-state index contributed by atoms with van der Waals surface area (Å²) in [5.41, 5.74) is 6.28. The van der Waals surface area contributed by atoms with Gasteiger partial charge in [0.2, 0.25) is 0 Å². The Hall–Kier alpha value is -0.410. The van der Waals surface area contributed by atoms with Gasteiger partial charge < -0.3 is 0 Å². The molecule has 1 fully saturated rings. The van der Waals surface area contributed by atoms with Gasteiger partial charge in [-0.1, -0.05) is 12.8 Å². The Labute approximate surface area is 80.2 Å². The van der Waals surface area contributed by atoms with Crippen LogP contribution >= 0.6 is 0 Å². The van der Waals surface area contributed by atoms with Crippen molar-refractivity contribution in [1.29, 1.82) is 0 Å². The smallest absolute Gasteiger partial charge is 0.132 e. The molecular formula is C10H20N2O. The van der Waals surface area contributed by atoms with Gasteiger partial charge in [-0.3, -0.25) is 15.6 Å². The number of rotatable bonds is 0. The Morgan fingerprint density at radius 2 is 1.38 bits per heavy atom. The van der Waals surface area contributed by atoms with Gasteiger partial charge in [0.05, 0.1) is 0 Å². The first-order chi connectivity index (χ1) is 6.39. The van der Waals surface area contributed by atoms with Crippen LogP contribution in [-0.2, 0) is 4.79 Å². The van der Waals surface area contributed by atoms with Crippen LogP contribution in [0.15, 0.2) is 0 Å². The lowest BCUT2D eigenvalue weighted by atomic mass is 10.1. The van der Waals surface area contributed by atoms with Crippen LogP contribution < -0.4 is 10.9 Å². The predicted octanol–water partition coefficient (Wildman–Crippen LogP) is 1.39. The molecule has 76 valence electrons. The highest BCUT2D eigenvalue weighted by Gasteiger charge is 2.02. The quantitative estimate of drug-likeness (QED) is 0.598. The first kappa shape index (κ1) is 10.7. The zero-order valence-corrected chi connectivity index (χ0v) is 8.27. The summed E-state index contributed by atoms with van der Waals surface area (Å²) in [5.74, 6) is 0.433. The van der Waals surface area contributed by atoms with Crippen molar-refractivity contribution < 1.29 is 4.79 Å². The summed E-state index contributed by atoms with van der Waals surface area (Å²) in [6.07, 6.45) is 7.25. The third kappa shape index (κ3) is 5.77.